The van der Waals surface area contributed by atoms with Crippen LogP contribution in [-0.2, 0) is 20.0 Å². The van der Waals surface area contributed by atoms with Gasteiger partial charge in [-0.3, -0.25) is 4.68 Å². The van der Waals surface area contributed by atoms with Crippen LogP contribution in [-0.4, -0.2) is 25.6 Å². The molecule has 8 heteroatoms. The molecule has 0 aromatic carbocycles. The first-order valence-corrected chi connectivity index (χ1v) is 6.72. The molecule has 0 aliphatic heterocycles. The van der Waals surface area contributed by atoms with E-state index < -0.39 is 12.3 Å². The highest BCUT2D eigenvalue weighted by Gasteiger charge is 2.39. The van der Waals surface area contributed by atoms with Crippen molar-refractivity contribution < 1.29 is 18.3 Å². The molecule has 0 aliphatic carbocycles. The number of aliphatic hydroxyl groups is 1. The molecule has 116 valence electrons. The quantitative estimate of drug-likeness (QED) is 0.940. The van der Waals surface area contributed by atoms with Gasteiger partial charge in [-0.05, 0) is 12.5 Å². The SMILES string of the molecule is CCc1nn(C)c(Cn2ccc(C(O)C(F)(F)F)c2)c1Cl. The highest BCUT2D eigenvalue weighted by atomic mass is 35.5. The smallest absolute Gasteiger partial charge is 0.379 e. The molecule has 4 nitrogen and oxygen atoms in total. The maximum absolute atomic E-state index is 12.5. The lowest BCUT2D eigenvalue weighted by Gasteiger charge is -2.12. The van der Waals surface area contributed by atoms with Crippen molar-refractivity contribution in [3.05, 3.63) is 40.4 Å². The molecule has 2 heterocycles. The Morgan fingerprint density at radius 3 is 2.62 bits per heavy atom. The second-order valence-corrected chi connectivity index (χ2v) is 5.12. The summed E-state index contributed by atoms with van der Waals surface area (Å²) in [6, 6.07) is 1.24. The number of aryl methyl sites for hydroxylation is 2. The fourth-order valence-corrected chi connectivity index (χ4v) is 2.43. The van der Waals surface area contributed by atoms with Gasteiger partial charge >= 0.3 is 6.18 Å². The van der Waals surface area contributed by atoms with E-state index in [9.17, 15) is 18.3 Å². The van der Waals surface area contributed by atoms with Crippen LogP contribution in [0.15, 0.2) is 18.5 Å². The third-order valence-electron chi connectivity index (χ3n) is 3.23. The number of aromatic nitrogens is 3. The molecule has 0 amide bonds. The fraction of sp³-hybridized carbons (Fsp3) is 0.462. The van der Waals surface area contributed by atoms with Crippen LogP contribution < -0.4 is 0 Å². The summed E-state index contributed by atoms with van der Waals surface area (Å²) < 4.78 is 40.5. The van der Waals surface area contributed by atoms with Gasteiger partial charge in [0.1, 0.15) is 0 Å². The summed E-state index contributed by atoms with van der Waals surface area (Å²) in [6.45, 7) is 2.21. The van der Waals surface area contributed by atoms with Gasteiger partial charge in [0, 0.05) is 25.0 Å². The van der Waals surface area contributed by atoms with E-state index in [-0.39, 0.29) is 12.1 Å². The van der Waals surface area contributed by atoms with Crippen molar-refractivity contribution in [2.45, 2.75) is 32.2 Å². The van der Waals surface area contributed by atoms with Crippen molar-refractivity contribution in [3.8, 4) is 0 Å². The van der Waals surface area contributed by atoms with Crippen molar-refractivity contribution in [2.24, 2.45) is 7.05 Å². The van der Waals surface area contributed by atoms with Crippen LogP contribution in [0.4, 0.5) is 13.2 Å². The standard InChI is InChI=1S/C13H15ClF3N3O/c1-3-9-11(14)10(19(2)18-9)7-20-5-4-8(6-20)12(21)13(15,16)17/h4-6,12,21H,3,7H2,1-2H3. The Morgan fingerprint density at radius 2 is 2.10 bits per heavy atom. The second kappa shape index (κ2) is 5.73. The van der Waals surface area contributed by atoms with Gasteiger partial charge in [-0.1, -0.05) is 18.5 Å². The highest BCUT2D eigenvalue weighted by Crippen LogP contribution is 2.32. The summed E-state index contributed by atoms with van der Waals surface area (Å²) in [5.74, 6) is 0. The van der Waals surface area contributed by atoms with Crippen LogP contribution in [0.3, 0.4) is 0 Å². The summed E-state index contributed by atoms with van der Waals surface area (Å²) >= 11 is 6.20. The van der Waals surface area contributed by atoms with Gasteiger partial charge in [0.05, 0.1) is 23.0 Å². The van der Waals surface area contributed by atoms with E-state index >= 15 is 0 Å². The van der Waals surface area contributed by atoms with Gasteiger partial charge in [-0.2, -0.15) is 18.3 Å². The van der Waals surface area contributed by atoms with Crippen LogP contribution in [0.5, 0.6) is 0 Å². The van der Waals surface area contributed by atoms with Gasteiger partial charge < -0.3 is 9.67 Å². The second-order valence-electron chi connectivity index (χ2n) is 4.75. The Bertz CT molecular complexity index is 633. The molecule has 0 aliphatic rings. The summed E-state index contributed by atoms with van der Waals surface area (Å²) in [5.41, 5.74) is 1.26. The minimum Gasteiger partial charge on any atom is -0.379 e. The Kier molecular flexibility index (Phi) is 4.34. The zero-order chi connectivity index (χ0) is 15.8. The average Bonchev–Trinajstić information content (AvgIpc) is 2.96. The van der Waals surface area contributed by atoms with E-state index in [1.54, 1.807) is 11.7 Å². The van der Waals surface area contributed by atoms with E-state index in [0.717, 1.165) is 5.69 Å². The van der Waals surface area contributed by atoms with Gasteiger partial charge in [-0.25, -0.2) is 0 Å². The topological polar surface area (TPSA) is 43.0 Å². The zero-order valence-electron chi connectivity index (χ0n) is 11.5. The summed E-state index contributed by atoms with van der Waals surface area (Å²) in [7, 11) is 1.73. The molecule has 0 spiro atoms. The maximum Gasteiger partial charge on any atom is 0.418 e. The third-order valence-corrected chi connectivity index (χ3v) is 3.67. The van der Waals surface area contributed by atoms with Gasteiger partial charge in [0.15, 0.2) is 6.10 Å². The molecule has 0 bridgehead atoms. The van der Waals surface area contributed by atoms with E-state index in [0.29, 0.717) is 17.1 Å². The number of nitrogens with zero attached hydrogens (tertiary/aromatic N) is 3. The third kappa shape index (κ3) is 3.24. The lowest BCUT2D eigenvalue weighted by Crippen LogP contribution is -2.19. The van der Waals surface area contributed by atoms with Crippen molar-refractivity contribution in [1.29, 1.82) is 0 Å². The number of hydrogen-bond donors (Lipinski definition) is 1. The molecule has 0 fully saturated rings. The van der Waals surface area contributed by atoms with E-state index in [4.69, 9.17) is 11.6 Å². The predicted octanol–water partition coefficient (Wildman–Crippen LogP) is 3.08. The average molecular weight is 322 g/mol. The number of aliphatic hydroxyl groups excluding tert-OH is 1. The minimum absolute atomic E-state index is 0.198. The van der Waals surface area contributed by atoms with E-state index in [2.05, 4.69) is 5.10 Å². The predicted molar refractivity (Wildman–Crippen MR) is 72.1 cm³/mol. The number of halogens is 4. The van der Waals surface area contributed by atoms with Gasteiger partial charge in [-0.15, -0.1) is 0 Å². The molecule has 0 radical (unpaired) electrons. The Morgan fingerprint density at radius 1 is 1.43 bits per heavy atom. The summed E-state index contributed by atoms with van der Waals surface area (Å²) in [5, 5.41) is 14.0. The van der Waals surface area contributed by atoms with Crippen LogP contribution >= 0.6 is 11.6 Å². The molecule has 1 N–H and O–H groups in total. The molecule has 2 aromatic heterocycles. The summed E-state index contributed by atoms with van der Waals surface area (Å²) in [6.07, 6.45) is -3.75. The van der Waals surface area contributed by atoms with Gasteiger partial charge in [0.25, 0.3) is 0 Å². The lowest BCUT2D eigenvalue weighted by molar-refractivity contribution is -0.206. The van der Waals surface area contributed by atoms with E-state index in [1.165, 1.54) is 23.0 Å². The molecule has 0 saturated carbocycles. The fourth-order valence-electron chi connectivity index (χ4n) is 2.07. The molecule has 2 rings (SSSR count). The monoisotopic (exact) mass is 321 g/mol. The molecular formula is C13H15ClF3N3O. The Balaban J connectivity index is 2.22. The first kappa shape index (κ1) is 15.9. The molecule has 21 heavy (non-hydrogen) atoms. The first-order chi connectivity index (χ1) is 9.74. The molecule has 1 atom stereocenters. The molecule has 0 saturated heterocycles. The van der Waals surface area contributed by atoms with E-state index in [1.807, 2.05) is 6.92 Å². The molecule has 1 unspecified atom stereocenters. The largest absolute Gasteiger partial charge is 0.418 e. The maximum atomic E-state index is 12.5. The van der Waals surface area contributed by atoms with Crippen LogP contribution in [0.1, 0.15) is 30.0 Å². The van der Waals surface area contributed by atoms with Crippen molar-refractivity contribution in [1.82, 2.24) is 14.3 Å². The van der Waals surface area contributed by atoms with Crippen LogP contribution in [0.2, 0.25) is 5.02 Å². The highest BCUT2D eigenvalue weighted by molar-refractivity contribution is 6.31. The Hall–Kier alpha value is -1.47. The number of hydrogen-bond acceptors (Lipinski definition) is 2. The summed E-state index contributed by atoms with van der Waals surface area (Å²) in [4.78, 5) is 0. The first-order valence-electron chi connectivity index (χ1n) is 6.34. The van der Waals surface area contributed by atoms with Crippen LogP contribution in [0, 0.1) is 0 Å². The van der Waals surface area contributed by atoms with Crippen LogP contribution in [0.25, 0.3) is 0 Å². The van der Waals surface area contributed by atoms with Gasteiger partial charge in [0.2, 0.25) is 0 Å². The lowest BCUT2D eigenvalue weighted by atomic mass is 10.2. The number of rotatable bonds is 4. The molecular weight excluding hydrogens is 307 g/mol. The van der Waals surface area contributed by atoms with Crippen molar-refractivity contribution >= 4 is 11.6 Å². The normalized spacial score (nSPS) is 13.7. The molecule has 2 aromatic rings. The zero-order valence-corrected chi connectivity index (χ0v) is 12.3. The van der Waals surface area contributed by atoms with Crippen molar-refractivity contribution in [2.75, 3.05) is 0 Å². The minimum atomic E-state index is -4.67. The Labute approximate surface area is 124 Å². The van der Waals surface area contributed by atoms with Crippen molar-refractivity contribution in [3.63, 3.8) is 0 Å². The number of alkyl halides is 3.